The summed E-state index contributed by atoms with van der Waals surface area (Å²) in [7, 11) is 3.98. The molecule has 3 rings (SSSR count). The molecule has 1 atom stereocenters. The van der Waals surface area contributed by atoms with Crippen LogP contribution in [0.5, 0.6) is 0 Å². The van der Waals surface area contributed by atoms with Gasteiger partial charge in [-0.15, -0.1) is 0 Å². The highest BCUT2D eigenvalue weighted by Crippen LogP contribution is 2.15. The molecule has 0 bridgehead atoms. The summed E-state index contributed by atoms with van der Waals surface area (Å²) >= 11 is 0. The smallest absolute Gasteiger partial charge is 0.193 e. The molecule has 1 aromatic rings. The second-order valence-electron chi connectivity index (χ2n) is 8.02. The summed E-state index contributed by atoms with van der Waals surface area (Å²) in [6.07, 6.45) is 6.62. The molecule has 0 radical (unpaired) electrons. The molecule has 1 N–H and O–H groups in total. The Morgan fingerprint density at radius 3 is 2.70 bits per heavy atom. The summed E-state index contributed by atoms with van der Waals surface area (Å²) in [4.78, 5) is 9.28. The van der Waals surface area contributed by atoms with Crippen molar-refractivity contribution in [3.05, 3.63) is 35.4 Å². The van der Waals surface area contributed by atoms with Crippen LogP contribution < -0.4 is 5.32 Å². The van der Waals surface area contributed by atoms with E-state index in [1.807, 2.05) is 7.05 Å². The quantitative estimate of drug-likeness (QED) is 0.615. The van der Waals surface area contributed by atoms with Gasteiger partial charge in [0.15, 0.2) is 5.96 Å². The van der Waals surface area contributed by atoms with Crippen LogP contribution in [0.15, 0.2) is 29.3 Å². The summed E-state index contributed by atoms with van der Waals surface area (Å²) in [5.74, 6) is 1.57. The largest absolute Gasteiger partial charge is 0.381 e. The number of benzene rings is 1. The fourth-order valence-electron chi connectivity index (χ4n) is 4.16. The van der Waals surface area contributed by atoms with Crippen LogP contribution in [0.4, 0.5) is 0 Å². The minimum Gasteiger partial charge on any atom is -0.381 e. The molecular formula is C22H36N4O. The van der Waals surface area contributed by atoms with Crippen molar-refractivity contribution in [1.29, 1.82) is 0 Å². The van der Waals surface area contributed by atoms with Crippen LogP contribution in [-0.4, -0.2) is 62.7 Å². The summed E-state index contributed by atoms with van der Waals surface area (Å²) in [5, 5.41) is 3.52. The maximum atomic E-state index is 5.49. The van der Waals surface area contributed by atoms with Crippen LogP contribution in [0.25, 0.3) is 0 Å². The van der Waals surface area contributed by atoms with Gasteiger partial charge in [-0.25, -0.2) is 0 Å². The van der Waals surface area contributed by atoms with Crippen LogP contribution in [0, 0.1) is 5.92 Å². The maximum Gasteiger partial charge on any atom is 0.193 e. The Kier molecular flexibility index (Phi) is 7.96. The average Bonchev–Trinajstić information content (AvgIpc) is 3.05. The van der Waals surface area contributed by atoms with E-state index in [9.17, 15) is 0 Å². The average molecular weight is 373 g/mol. The molecule has 0 aliphatic carbocycles. The van der Waals surface area contributed by atoms with Gasteiger partial charge in [-0.3, -0.25) is 9.89 Å². The number of nitrogens with one attached hydrogen (secondary N) is 1. The van der Waals surface area contributed by atoms with Gasteiger partial charge in [-0.05, 0) is 43.5 Å². The number of likely N-dealkylation sites (tertiary alicyclic amines) is 1. The van der Waals surface area contributed by atoms with Gasteiger partial charge in [0.1, 0.15) is 0 Å². The van der Waals surface area contributed by atoms with Gasteiger partial charge in [-0.2, -0.15) is 0 Å². The number of hydrogen-bond donors (Lipinski definition) is 1. The molecule has 2 saturated heterocycles. The van der Waals surface area contributed by atoms with E-state index < -0.39 is 0 Å². The van der Waals surface area contributed by atoms with E-state index in [2.05, 4.69) is 51.4 Å². The molecule has 1 aromatic carbocycles. The summed E-state index contributed by atoms with van der Waals surface area (Å²) in [6.45, 7) is 7.13. The number of hydrogen-bond acceptors (Lipinski definition) is 3. The van der Waals surface area contributed by atoms with E-state index in [0.717, 1.165) is 45.2 Å². The highest BCUT2D eigenvalue weighted by Gasteiger charge is 2.19. The number of guanidine groups is 1. The monoisotopic (exact) mass is 372 g/mol. The number of rotatable bonds is 6. The van der Waals surface area contributed by atoms with Crippen molar-refractivity contribution in [3.8, 4) is 0 Å². The van der Waals surface area contributed by atoms with Gasteiger partial charge < -0.3 is 15.0 Å². The van der Waals surface area contributed by atoms with Gasteiger partial charge in [0.05, 0.1) is 6.61 Å². The van der Waals surface area contributed by atoms with Crippen molar-refractivity contribution in [2.45, 2.75) is 45.2 Å². The van der Waals surface area contributed by atoms with E-state index >= 15 is 0 Å². The lowest BCUT2D eigenvalue weighted by atomic mass is 10.1. The van der Waals surface area contributed by atoms with Crippen LogP contribution in [0.2, 0.25) is 0 Å². The van der Waals surface area contributed by atoms with E-state index in [0.29, 0.717) is 5.92 Å². The molecular weight excluding hydrogens is 336 g/mol. The van der Waals surface area contributed by atoms with Crippen LogP contribution in [0.3, 0.4) is 0 Å². The second kappa shape index (κ2) is 10.7. The predicted molar refractivity (Wildman–Crippen MR) is 112 cm³/mol. The van der Waals surface area contributed by atoms with Crippen molar-refractivity contribution >= 4 is 5.96 Å². The zero-order valence-corrected chi connectivity index (χ0v) is 17.1. The molecule has 0 aromatic heterocycles. The van der Waals surface area contributed by atoms with Crippen molar-refractivity contribution in [2.75, 3.05) is 46.9 Å². The first-order valence-electron chi connectivity index (χ1n) is 10.5. The Balaban J connectivity index is 1.50. The van der Waals surface area contributed by atoms with E-state index in [-0.39, 0.29) is 0 Å². The lowest BCUT2D eigenvalue weighted by Gasteiger charge is -2.24. The van der Waals surface area contributed by atoms with Crippen molar-refractivity contribution in [2.24, 2.45) is 10.9 Å². The minimum atomic E-state index is 0.616. The molecule has 27 heavy (non-hydrogen) atoms. The number of ether oxygens (including phenoxy) is 1. The molecule has 2 aliphatic rings. The molecule has 1 unspecified atom stereocenters. The van der Waals surface area contributed by atoms with Gasteiger partial charge in [0, 0.05) is 46.3 Å². The molecule has 0 saturated carbocycles. The van der Waals surface area contributed by atoms with Gasteiger partial charge in [0.25, 0.3) is 0 Å². The second-order valence-corrected chi connectivity index (χ2v) is 8.02. The predicted octanol–water partition coefficient (Wildman–Crippen LogP) is 3.11. The third kappa shape index (κ3) is 6.51. The number of aliphatic imine (C=N–C) groups is 1. The molecule has 2 heterocycles. The summed E-state index contributed by atoms with van der Waals surface area (Å²) in [5.41, 5.74) is 2.74. The zero-order chi connectivity index (χ0) is 18.9. The molecule has 0 spiro atoms. The summed E-state index contributed by atoms with van der Waals surface area (Å²) < 4.78 is 5.49. The van der Waals surface area contributed by atoms with Crippen LogP contribution >= 0.6 is 0 Å². The Bertz CT molecular complexity index is 590. The third-order valence-electron chi connectivity index (χ3n) is 5.68. The van der Waals surface area contributed by atoms with Crippen molar-refractivity contribution in [1.82, 2.24) is 15.1 Å². The maximum absolute atomic E-state index is 5.49. The first kappa shape index (κ1) is 20.2. The van der Waals surface area contributed by atoms with Crippen LogP contribution in [-0.2, 0) is 17.8 Å². The molecule has 150 valence electrons. The first-order chi connectivity index (χ1) is 13.2. The Morgan fingerprint density at radius 2 is 2.00 bits per heavy atom. The molecule has 5 heteroatoms. The Hall–Kier alpha value is -1.59. The molecule has 5 nitrogen and oxygen atoms in total. The standard InChI is InChI=1S/C22H36N4O/c1-23-22(25(2)16-21-10-13-27-18-21)24-15-19-8-7-9-20(14-19)17-26-11-5-3-4-6-12-26/h7-9,14,21H,3-6,10-13,15-18H2,1-2H3,(H,23,24). The van der Waals surface area contributed by atoms with E-state index in [1.165, 1.54) is 49.9 Å². The van der Waals surface area contributed by atoms with Gasteiger partial charge in [-0.1, -0.05) is 37.1 Å². The highest BCUT2D eigenvalue weighted by atomic mass is 16.5. The molecule has 0 amide bonds. The molecule has 2 fully saturated rings. The van der Waals surface area contributed by atoms with E-state index in [4.69, 9.17) is 4.74 Å². The zero-order valence-electron chi connectivity index (χ0n) is 17.1. The topological polar surface area (TPSA) is 40.1 Å². The molecule has 2 aliphatic heterocycles. The lowest BCUT2D eigenvalue weighted by molar-refractivity contribution is 0.181. The van der Waals surface area contributed by atoms with Gasteiger partial charge >= 0.3 is 0 Å². The fourth-order valence-corrected chi connectivity index (χ4v) is 4.16. The highest BCUT2D eigenvalue weighted by molar-refractivity contribution is 5.79. The first-order valence-corrected chi connectivity index (χ1v) is 10.5. The van der Waals surface area contributed by atoms with Gasteiger partial charge in [0.2, 0.25) is 0 Å². The van der Waals surface area contributed by atoms with Crippen LogP contribution in [0.1, 0.15) is 43.2 Å². The lowest BCUT2D eigenvalue weighted by Crippen LogP contribution is -2.41. The van der Waals surface area contributed by atoms with Crippen molar-refractivity contribution < 1.29 is 4.74 Å². The number of nitrogens with zero attached hydrogens (tertiary/aromatic N) is 3. The van der Waals surface area contributed by atoms with Crippen molar-refractivity contribution in [3.63, 3.8) is 0 Å². The van der Waals surface area contributed by atoms with E-state index in [1.54, 1.807) is 0 Å². The Labute approximate surface area is 164 Å². The SMILES string of the molecule is CN=C(NCc1cccc(CN2CCCCCC2)c1)N(C)CC1CCOC1. The third-order valence-corrected chi connectivity index (χ3v) is 5.68. The summed E-state index contributed by atoms with van der Waals surface area (Å²) in [6, 6.07) is 8.99. The fraction of sp³-hybridized carbons (Fsp3) is 0.682. The Morgan fingerprint density at radius 1 is 1.22 bits per heavy atom. The minimum absolute atomic E-state index is 0.616. The normalized spacial score (nSPS) is 21.9.